The van der Waals surface area contributed by atoms with E-state index < -0.39 is 12.1 Å². The summed E-state index contributed by atoms with van der Waals surface area (Å²) in [7, 11) is 1.59. The summed E-state index contributed by atoms with van der Waals surface area (Å²) < 4.78 is 0. The molecular weight excluding hydrogens is 408 g/mol. The number of amides is 3. The molecule has 1 aromatic carbocycles. The van der Waals surface area contributed by atoms with Crippen molar-refractivity contribution in [2.24, 2.45) is 5.73 Å². The van der Waals surface area contributed by atoms with Crippen LogP contribution in [0.5, 0.6) is 0 Å². The number of carbonyl (C=O) groups excluding carboxylic acids is 3. The Labute approximate surface area is 188 Å². The van der Waals surface area contributed by atoms with E-state index in [4.69, 9.17) is 5.73 Å². The van der Waals surface area contributed by atoms with Crippen LogP contribution < -0.4 is 11.1 Å². The minimum atomic E-state index is -0.744. The van der Waals surface area contributed by atoms with Crippen LogP contribution in [0.25, 0.3) is 0 Å². The second-order valence-electron chi connectivity index (χ2n) is 8.91. The van der Waals surface area contributed by atoms with Crippen molar-refractivity contribution in [2.75, 3.05) is 26.7 Å². The number of nitrogens with zero attached hydrogens (tertiary/aromatic N) is 4. The highest BCUT2D eigenvalue weighted by molar-refractivity contribution is 5.94. The van der Waals surface area contributed by atoms with Crippen molar-refractivity contribution in [3.63, 3.8) is 0 Å². The summed E-state index contributed by atoms with van der Waals surface area (Å²) in [4.78, 5) is 43.4. The molecule has 170 valence electrons. The first kappa shape index (κ1) is 22.2. The average molecular weight is 439 g/mol. The lowest BCUT2D eigenvalue weighted by molar-refractivity contribution is -0.140. The predicted octanol–water partition coefficient (Wildman–Crippen LogP) is 0.234. The fourth-order valence-corrected chi connectivity index (χ4v) is 5.35. The van der Waals surface area contributed by atoms with Gasteiger partial charge in [-0.3, -0.25) is 19.3 Å². The third-order valence-corrected chi connectivity index (χ3v) is 7.02. The van der Waals surface area contributed by atoms with Crippen LogP contribution in [0.15, 0.2) is 24.3 Å². The zero-order valence-corrected chi connectivity index (χ0v) is 18.5. The van der Waals surface area contributed by atoms with Crippen LogP contribution >= 0.6 is 0 Å². The number of nitriles is 1. The molecule has 9 heteroatoms. The van der Waals surface area contributed by atoms with E-state index in [9.17, 15) is 19.6 Å². The number of nitrogens with one attached hydrogen (secondary N) is 1. The molecule has 32 heavy (non-hydrogen) atoms. The quantitative estimate of drug-likeness (QED) is 0.656. The van der Waals surface area contributed by atoms with E-state index in [0.29, 0.717) is 38.0 Å². The number of rotatable bonds is 6. The molecule has 3 N–H and O–H groups in total. The summed E-state index contributed by atoms with van der Waals surface area (Å²) in [6.45, 7) is 3.53. The molecule has 0 aromatic heterocycles. The number of benzene rings is 1. The van der Waals surface area contributed by atoms with Gasteiger partial charge in [0.15, 0.2) is 0 Å². The Bertz CT molecular complexity index is 959. The molecule has 0 radical (unpaired) electrons. The molecule has 3 aliphatic rings. The van der Waals surface area contributed by atoms with Gasteiger partial charge in [-0.25, -0.2) is 0 Å². The lowest BCUT2D eigenvalue weighted by Gasteiger charge is -2.38. The number of piperazine rings is 1. The zero-order valence-electron chi connectivity index (χ0n) is 18.5. The first-order chi connectivity index (χ1) is 15.3. The van der Waals surface area contributed by atoms with Crippen LogP contribution in [0.2, 0.25) is 0 Å². The predicted molar refractivity (Wildman–Crippen MR) is 117 cm³/mol. The Morgan fingerprint density at radius 2 is 2.16 bits per heavy atom. The smallest absolute Gasteiger partial charge is 0.251 e. The molecule has 9 nitrogen and oxygen atoms in total. The minimum Gasteiger partial charge on any atom is -0.355 e. The molecule has 2 bridgehead atoms. The standard InChI is InChI=1S/C23H30N6O3/c1-14(15-5-3-6-16(9-15)21(30)26-2)29-18-10-20(23(29)32)27(12-18)13-19(25)22(31)28-8-4-7-17(28)11-24/h3,5-6,9,14,17-20H,4,7-8,10,12-13,25H2,1-2H3,(H,26,30)/t14-,17+,18?,19+,20+/m1/s1. The van der Waals surface area contributed by atoms with Crippen molar-refractivity contribution in [3.05, 3.63) is 35.4 Å². The molecule has 3 saturated heterocycles. The topological polar surface area (TPSA) is 123 Å². The summed E-state index contributed by atoms with van der Waals surface area (Å²) in [6.07, 6.45) is 2.22. The number of fused-ring (bicyclic) bond motifs is 2. The second-order valence-corrected chi connectivity index (χ2v) is 8.91. The summed E-state index contributed by atoms with van der Waals surface area (Å²) in [5, 5.41) is 11.9. The first-order valence-corrected chi connectivity index (χ1v) is 11.2. The van der Waals surface area contributed by atoms with Crippen LogP contribution in [0.3, 0.4) is 0 Å². The fraction of sp³-hybridized carbons (Fsp3) is 0.565. The first-order valence-electron chi connectivity index (χ1n) is 11.2. The van der Waals surface area contributed by atoms with E-state index in [1.807, 2.05) is 34.9 Å². The van der Waals surface area contributed by atoms with Crippen molar-refractivity contribution < 1.29 is 14.4 Å². The van der Waals surface area contributed by atoms with E-state index in [2.05, 4.69) is 11.4 Å². The van der Waals surface area contributed by atoms with E-state index in [-0.39, 0.29) is 35.8 Å². The van der Waals surface area contributed by atoms with Crippen molar-refractivity contribution in [1.82, 2.24) is 20.0 Å². The minimum absolute atomic E-state index is 0.0369. The summed E-state index contributed by atoms with van der Waals surface area (Å²) in [5.74, 6) is -0.329. The summed E-state index contributed by atoms with van der Waals surface area (Å²) in [6, 6.07) is 8.00. The lowest BCUT2D eigenvalue weighted by atomic mass is 10.0. The molecule has 1 aromatic rings. The van der Waals surface area contributed by atoms with Gasteiger partial charge in [0.2, 0.25) is 11.8 Å². The molecule has 4 rings (SSSR count). The maximum Gasteiger partial charge on any atom is 0.251 e. The van der Waals surface area contributed by atoms with E-state index in [0.717, 1.165) is 12.0 Å². The van der Waals surface area contributed by atoms with Gasteiger partial charge in [-0.2, -0.15) is 5.26 Å². The normalized spacial score (nSPS) is 26.8. The molecule has 3 amide bonds. The highest BCUT2D eigenvalue weighted by Crippen LogP contribution is 2.38. The Morgan fingerprint density at radius 1 is 1.38 bits per heavy atom. The van der Waals surface area contributed by atoms with Crippen molar-refractivity contribution in [2.45, 2.75) is 56.4 Å². The SMILES string of the molecule is CNC(=O)c1cccc([C@@H](C)N2C(=O)[C@@H]3CC2CN3C[C@H](N)C(=O)N2CCC[C@H]2C#N)c1. The van der Waals surface area contributed by atoms with Gasteiger partial charge in [-0.05, 0) is 43.9 Å². The largest absolute Gasteiger partial charge is 0.355 e. The van der Waals surface area contributed by atoms with Crippen LogP contribution in [-0.4, -0.2) is 83.3 Å². The van der Waals surface area contributed by atoms with E-state index >= 15 is 0 Å². The van der Waals surface area contributed by atoms with Gasteiger partial charge in [-0.15, -0.1) is 0 Å². The van der Waals surface area contributed by atoms with Gasteiger partial charge in [0, 0.05) is 38.3 Å². The van der Waals surface area contributed by atoms with Crippen LogP contribution in [-0.2, 0) is 9.59 Å². The highest BCUT2D eigenvalue weighted by Gasteiger charge is 2.51. The van der Waals surface area contributed by atoms with Gasteiger partial charge < -0.3 is 20.9 Å². The molecule has 5 atom stereocenters. The van der Waals surface area contributed by atoms with Gasteiger partial charge in [-0.1, -0.05) is 12.1 Å². The number of carbonyl (C=O) groups is 3. The molecule has 0 spiro atoms. The van der Waals surface area contributed by atoms with E-state index in [1.165, 1.54) is 0 Å². The van der Waals surface area contributed by atoms with Crippen LogP contribution in [0.4, 0.5) is 0 Å². The Balaban J connectivity index is 1.41. The molecule has 0 aliphatic carbocycles. The van der Waals surface area contributed by atoms with E-state index in [1.54, 1.807) is 18.0 Å². The van der Waals surface area contributed by atoms with Gasteiger partial charge in [0.25, 0.3) is 5.91 Å². The molecule has 3 aliphatic heterocycles. The number of nitrogens with two attached hydrogens (primary N) is 1. The molecule has 0 saturated carbocycles. The third-order valence-electron chi connectivity index (χ3n) is 7.02. The van der Waals surface area contributed by atoms with Gasteiger partial charge in [0.05, 0.1) is 24.2 Å². The molecular formula is C23H30N6O3. The Morgan fingerprint density at radius 3 is 2.84 bits per heavy atom. The summed E-state index contributed by atoms with van der Waals surface area (Å²) >= 11 is 0. The van der Waals surface area contributed by atoms with Crippen molar-refractivity contribution >= 4 is 17.7 Å². The average Bonchev–Trinajstić information content (AvgIpc) is 3.52. The second kappa shape index (κ2) is 8.88. The number of hydrogen-bond acceptors (Lipinski definition) is 6. The fourth-order valence-electron chi connectivity index (χ4n) is 5.35. The van der Waals surface area contributed by atoms with Crippen molar-refractivity contribution in [1.29, 1.82) is 5.26 Å². The third kappa shape index (κ3) is 3.85. The maximum atomic E-state index is 13.2. The summed E-state index contributed by atoms with van der Waals surface area (Å²) in [5.41, 5.74) is 7.70. The van der Waals surface area contributed by atoms with Crippen LogP contribution in [0, 0.1) is 11.3 Å². The number of likely N-dealkylation sites (tertiary alicyclic amines) is 3. The van der Waals surface area contributed by atoms with Gasteiger partial charge >= 0.3 is 0 Å². The Kier molecular flexibility index (Phi) is 6.17. The molecule has 3 heterocycles. The monoisotopic (exact) mass is 438 g/mol. The lowest BCUT2D eigenvalue weighted by Crippen LogP contribution is -2.56. The van der Waals surface area contributed by atoms with Crippen LogP contribution in [0.1, 0.15) is 48.1 Å². The van der Waals surface area contributed by atoms with Crippen molar-refractivity contribution in [3.8, 4) is 6.07 Å². The number of hydrogen-bond donors (Lipinski definition) is 2. The molecule has 3 fully saturated rings. The molecule has 1 unspecified atom stereocenters. The Hall–Kier alpha value is -2.96. The zero-order chi connectivity index (χ0) is 23.0. The maximum absolute atomic E-state index is 13.2. The highest BCUT2D eigenvalue weighted by atomic mass is 16.2. The van der Waals surface area contributed by atoms with Gasteiger partial charge in [0.1, 0.15) is 6.04 Å².